The zero-order chi connectivity index (χ0) is 13.2. The lowest BCUT2D eigenvalue weighted by Gasteiger charge is -2.28. The van der Waals surface area contributed by atoms with E-state index in [2.05, 4.69) is 30.7 Å². The van der Waals surface area contributed by atoms with Gasteiger partial charge in [0.15, 0.2) is 0 Å². The molecule has 1 aromatic heterocycles. The summed E-state index contributed by atoms with van der Waals surface area (Å²) in [6.45, 7) is 9.98. The summed E-state index contributed by atoms with van der Waals surface area (Å²) < 4.78 is 5.46. The van der Waals surface area contributed by atoms with Gasteiger partial charge in [-0.15, -0.1) is 0 Å². The Morgan fingerprint density at radius 2 is 2.00 bits per heavy atom. The van der Waals surface area contributed by atoms with Crippen molar-refractivity contribution in [3.63, 3.8) is 0 Å². The Labute approximate surface area is 102 Å². The van der Waals surface area contributed by atoms with Crippen LogP contribution in [0.1, 0.15) is 50.9 Å². The number of aromatic amines is 1. The number of methoxy groups -OCH3 is 1. The fraction of sp³-hybridized carbons (Fsp3) is 0.692. The van der Waals surface area contributed by atoms with Gasteiger partial charge in [0.05, 0.1) is 5.69 Å². The highest BCUT2D eigenvalue weighted by Crippen LogP contribution is 2.33. The van der Waals surface area contributed by atoms with Crippen molar-refractivity contribution in [2.75, 3.05) is 7.11 Å². The lowest BCUT2D eigenvalue weighted by atomic mass is 9.88. The average Bonchev–Trinajstić information content (AvgIpc) is 2.21. The van der Waals surface area contributed by atoms with Crippen LogP contribution >= 0.6 is 0 Å². The number of hydrogen-bond donors (Lipinski definition) is 1. The van der Waals surface area contributed by atoms with Crippen LogP contribution in [0.5, 0.6) is 0 Å². The van der Waals surface area contributed by atoms with Crippen molar-refractivity contribution in [3.8, 4) is 0 Å². The first kappa shape index (κ1) is 13.9. The molecule has 0 bridgehead atoms. The van der Waals surface area contributed by atoms with Crippen molar-refractivity contribution in [2.45, 2.75) is 47.1 Å². The predicted octanol–water partition coefficient (Wildman–Crippen LogP) is 2.37. The standard InChI is InChI=1S/C13H22N2O2/c1-7-9-8(2)12(16)15-11(14-9)10(17-6)13(3,4)5/h10H,7H2,1-6H3,(H,14,15,16). The van der Waals surface area contributed by atoms with Crippen LogP contribution in [0.4, 0.5) is 0 Å². The van der Waals surface area contributed by atoms with Gasteiger partial charge in [0.25, 0.3) is 5.56 Å². The molecule has 0 saturated carbocycles. The minimum absolute atomic E-state index is 0.0712. The largest absolute Gasteiger partial charge is 0.373 e. The molecule has 0 spiro atoms. The first-order valence-electron chi connectivity index (χ1n) is 5.93. The number of H-pyrrole nitrogens is 1. The van der Waals surface area contributed by atoms with Crippen molar-refractivity contribution in [1.82, 2.24) is 9.97 Å². The predicted molar refractivity (Wildman–Crippen MR) is 68.2 cm³/mol. The molecule has 0 fully saturated rings. The molecule has 0 aliphatic heterocycles. The van der Waals surface area contributed by atoms with E-state index >= 15 is 0 Å². The summed E-state index contributed by atoms with van der Waals surface area (Å²) in [7, 11) is 1.64. The molecule has 0 saturated heterocycles. The molecule has 1 aromatic rings. The maximum Gasteiger partial charge on any atom is 0.254 e. The molecule has 0 aliphatic carbocycles. The van der Waals surface area contributed by atoms with Crippen LogP contribution in [-0.4, -0.2) is 17.1 Å². The number of nitrogens with one attached hydrogen (secondary N) is 1. The van der Waals surface area contributed by atoms with E-state index in [0.717, 1.165) is 12.1 Å². The second-order valence-corrected chi connectivity index (χ2v) is 5.36. The van der Waals surface area contributed by atoms with Gasteiger partial charge < -0.3 is 9.72 Å². The van der Waals surface area contributed by atoms with Gasteiger partial charge in [0.2, 0.25) is 0 Å². The second-order valence-electron chi connectivity index (χ2n) is 5.36. The van der Waals surface area contributed by atoms with Gasteiger partial charge in [-0.05, 0) is 18.8 Å². The first-order chi connectivity index (χ1) is 7.81. The van der Waals surface area contributed by atoms with E-state index in [1.807, 2.05) is 6.92 Å². The quantitative estimate of drug-likeness (QED) is 0.879. The molecular weight excluding hydrogens is 216 g/mol. The van der Waals surface area contributed by atoms with Crippen LogP contribution in [0.2, 0.25) is 0 Å². The van der Waals surface area contributed by atoms with Crippen LogP contribution in [0.15, 0.2) is 4.79 Å². The smallest absolute Gasteiger partial charge is 0.254 e. The second kappa shape index (κ2) is 5.00. The number of aromatic nitrogens is 2. The molecule has 0 amide bonds. The maximum absolute atomic E-state index is 11.8. The Kier molecular flexibility index (Phi) is 4.09. The molecule has 1 heterocycles. The van der Waals surface area contributed by atoms with Gasteiger partial charge in [-0.2, -0.15) is 0 Å². The Bertz CT molecular complexity index is 444. The molecule has 96 valence electrons. The fourth-order valence-corrected chi connectivity index (χ4v) is 1.94. The lowest BCUT2D eigenvalue weighted by molar-refractivity contribution is 0.00831. The minimum atomic E-state index is -0.207. The summed E-state index contributed by atoms with van der Waals surface area (Å²) >= 11 is 0. The van der Waals surface area contributed by atoms with Crippen LogP contribution in [0.25, 0.3) is 0 Å². The van der Waals surface area contributed by atoms with Gasteiger partial charge in [-0.1, -0.05) is 27.7 Å². The van der Waals surface area contributed by atoms with Crippen LogP contribution < -0.4 is 5.56 Å². The molecule has 17 heavy (non-hydrogen) atoms. The first-order valence-corrected chi connectivity index (χ1v) is 5.93. The highest BCUT2D eigenvalue weighted by atomic mass is 16.5. The topological polar surface area (TPSA) is 55.0 Å². The third kappa shape index (κ3) is 2.94. The van der Waals surface area contributed by atoms with Gasteiger partial charge in [0.1, 0.15) is 11.9 Å². The van der Waals surface area contributed by atoms with E-state index in [-0.39, 0.29) is 17.1 Å². The van der Waals surface area contributed by atoms with Gasteiger partial charge in [0, 0.05) is 12.7 Å². The SMILES string of the molecule is CCc1nc(C(OC)C(C)(C)C)[nH]c(=O)c1C. The zero-order valence-electron chi connectivity index (χ0n) is 11.5. The summed E-state index contributed by atoms with van der Waals surface area (Å²) in [5.74, 6) is 0.618. The van der Waals surface area contributed by atoms with Crippen LogP contribution in [0.3, 0.4) is 0 Å². The average molecular weight is 238 g/mol. The van der Waals surface area contributed by atoms with E-state index in [1.54, 1.807) is 14.0 Å². The third-order valence-corrected chi connectivity index (χ3v) is 2.88. The van der Waals surface area contributed by atoms with Crippen molar-refractivity contribution in [3.05, 3.63) is 27.4 Å². The Morgan fingerprint density at radius 3 is 2.41 bits per heavy atom. The third-order valence-electron chi connectivity index (χ3n) is 2.88. The zero-order valence-corrected chi connectivity index (χ0v) is 11.5. The van der Waals surface area contributed by atoms with E-state index in [0.29, 0.717) is 11.4 Å². The molecule has 1 rings (SSSR count). The number of aryl methyl sites for hydroxylation is 1. The molecule has 0 aliphatic rings. The number of hydrogen-bond acceptors (Lipinski definition) is 3. The maximum atomic E-state index is 11.8. The highest BCUT2D eigenvalue weighted by Gasteiger charge is 2.28. The van der Waals surface area contributed by atoms with E-state index in [9.17, 15) is 4.79 Å². The van der Waals surface area contributed by atoms with Crippen molar-refractivity contribution in [1.29, 1.82) is 0 Å². The van der Waals surface area contributed by atoms with Crippen molar-refractivity contribution < 1.29 is 4.74 Å². The summed E-state index contributed by atoms with van der Waals surface area (Å²) in [5.41, 5.74) is 1.36. The molecular formula is C13H22N2O2. The Morgan fingerprint density at radius 1 is 1.41 bits per heavy atom. The van der Waals surface area contributed by atoms with Gasteiger partial charge in [-0.25, -0.2) is 4.98 Å². The number of rotatable bonds is 3. The van der Waals surface area contributed by atoms with E-state index in [1.165, 1.54) is 0 Å². The summed E-state index contributed by atoms with van der Waals surface area (Å²) in [6, 6.07) is 0. The lowest BCUT2D eigenvalue weighted by Crippen LogP contribution is -2.27. The summed E-state index contributed by atoms with van der Waals surface area (Å²) in [4.78, 5) is 19.1. The van der Waals surface area contributed by atoms with Crippen molar-refractivity contribution in [2.24, 2.45) is 5.41 Å². The molecule has 4 heteroatoms. The summed E-state index contributed by atoms with van der Waals surface area (Å²) in [5, 5.41) is 0. The van der Waals surface area contributed by atoms with Crippen LogP contribution in [-0.2, 0) is 11.2 Å². The summed E-state index contributed by atoms with van der Waals surface area (Å²) in [6.07, 6.45) is 0.546. The molecule has 0 radical (unpaired) electrons. The normalized spacial score (nSPS) is 13.8. The van der Waals surface area contributed by atoms with Gasteiger partial charge in [-0.3, -0.25) is 4.79 Å². The molecule has 1 unspecified atom stereocenters. The van der Waals surface area contributed by atoms with E-state index in [4.69, 9.17) is 4.74 Å². The minimum Gasteiger partial charge on any atom is -0.373 e. The van der Waals surface area contributed by atoms with Gasteiger partial charge >= 0.3 is 0 Å². The Balaban J connectivity index is 3.32. The van der Waals surface area contributed by atoms with E-state index < -0.39 is 0 Å². The Hall–Kier alpha value is -1.16. The fourth-order valence-electron chi connectivity index (χ4n) is 1.94. The number of ether oxygens (including phenoxy) is 1. The molecule has 4 nitrogen and oxygen atoms in total. The molecule has 0 aromatic carbocycles. The monoisotopic (exact) mass is 238 g/mol. The molecule has 1 N–H and O–H groups in total. The van der Waals surface area contributed by atoms with Crippen molar-refractivity contribution >= 4 is 0 Å². The number of nitrogens with zero attached hydrogens (tertiary/aromatic N) is 1. The highest BCUT2D eigenvalue weighted by molar-refractivity contribution is 5.17. The van der Waals surface area contributed by atoms with Crippen LogP contribution in [0, 0.1) is 12.3 Å². The molecule has 1 atom stereocenters.